The summed E-state index contributed by atoms with van der Waals surface area (Å²) < 4.78 is 60.3. The Morgan fingerprint density at radius 3 is 1.29 bits per heavy atom. The normalized spacial score (nSPS) is 11.8. The molecule has 1 aromatic rings. The SMILES string of the molecule is C=COB(OCCOc1ccccc1)OCC(COB(OCCCCCCCCCCCC)OCCCCCCCCCCCC)OB(OCCCC)OCCCC. The number of hydrogen-bond donors (Lipinski definition) is 0. The van der Waals surface area contributed by atoms with Crippen LogP contribution in [-0.4, -0.2) is 80.9 Å². The van der Waals surface area contributed by atoms with Gasteiger partial charge in [-0.1, -0.05) is 181 Å². The highest BCUT2D eigenvalue weighted by molar-refractivity contribution is 6.37. The molecule has 0 fully saturated rings. The van der Waals surface area contributed by atoms with Gasteiger partial charge in [-0.05, 0) is 37.8 Å². The van der Waals surface area contributed by atoms with Crippen LogP contribution in [0, 0.1) is 0 Å². The van der Waals surface area contributed by atoms with Crippen molar-refractivity contribution in [3.8, 4) is 5.75 Å². The highest BCUT2D eigenvalue weighted by Gasteiger charge is 2.32. The van der Waals surface area contributed by atoms with Crippen LogP contribution in [0.1, 0.15) is 182 Å². The molecule has 1 rings (SSSR count). The minimum absolute atomic E-state index is 0.0619. The molecule has 0 spiro atoms. The topological polar surface area (TPSA) is 92.3 Å². The fourth-order valence-electron chi connectivity index (χ4n) is 6.14. The lowest BCUT2D eigenvalue weighted by atomic mass is 10.1. The van der Waals surface area contributed by atoms with Crippen molar-refractivity contribution in [2.75, 3.05) is 52.9 Å². The van der Waals surface area contributed by atoms with E-state index in [1.165, 1.54) is 109 Å². The van der Waals surface area contributed by atoms with E-state index in [9.17, 15) is 0 Å². The summed E-state index contributed by atoms with van der Waals surface area (Å²) >= 11 is 0. The molecule has 0 N–H and O–H groups in total. The summed E-state index contributed by atoms with van der Waals surface area (Å²) in [6, 6.07) is 9.58. The molecule has 0 amide bonds. The Kier molecular flexibility index (Phi) is 40.9. The first-order valence-corrected chi connectivity index (χ1v) is 23.6. The van der Waals surface area contributed by atoms with Crippen LogP contribution in [0.5, 0.6) is 5.75 Å². The molecule has 0 bridgehead atoms. The van der Waals surface area contributed by atoms with Crippen molar-refractivity contribution in [1.29, 1.82) is 0 Å². The molecule has 0 radical (unpaired) electrons. The van der Waals surface area contributed by atoms with E-state index in [2.05, 4.69) is 34.3 Å². The Hall–Kier alpha value is -1.57. The fourth-order valence-corrected chi connectivity index (χ4v) is 6.14. The Morgan fingerprint density at radius 1 is 0.431 bits per heavy atom. The van der Waals surface area contributed by atoms with Crippen LogP contribution in [0.4, 0.5) is 0 Å². The highest BCUT2D eigenvalue weighted by Crippen LogP contribution is 2.14. The van der Waals surface area contributed by atoms with Crippen molar-refractivity contribution >= 4 is 22.0 Å². The van der Waals surface area contributed by atoms with Crippen LogP contribution < -0.4 is 4.74 Å². The average molecular weight is 819 g/mol. The zero-order valence-corrected chi connectivity index (χ0v) is 37.7. The summed E-state index contributed by atoms with van der Waals surface area (Å²) in [7, 11) is -2.73. The molecular weight excluding hydrogens is 733 g/mol. The van der Waals surface area contributed by atoms with Gasteiger partial charge in [-0.2, -0.15) is 0 Å². The van der Waals surface area contributed by atoms with E-state index >= 15 is 0 Å². The summed E-state index contributed by atoms with van der Waals surface area (Å²) in [6.45, 7) is 15.4. The van der Waals surface area contributed by atoms with Gasteiger partial charge in [-0.15, -0.1) is 0 Å². The van der Waals surface area contributed by atoms with Gasteiger partial charge < -0.3 is 46.6 Å². The summed E-state index contributed by atoms with van der Waals surface area (Å²) in [5, 5.41) is 0. The molecule has 0 saturated carbocycles. The predicted molar refractivity (Wildman–Crippen MR) is 241 cm³/mol. The Balaban J connectivity index is 2.82. The van der Waals surface area contributed by atoms with Crippen LogP contribution in [0.3, 0.4) is 0 Å². The van der Waals surface area contributed by atoms with Gasteiger partial charge in [0.05, 0.1) is 32.2 Å². The number of unbranched alkanes of at least 4 members (excludes halogenated alkanes) is 20. The molecule has 0 heterocycles. The van der Waals surface area contributed by atoms with Gasteiger partial charge in [0.1, 0.15) is 12.4 Å². The van der Waals surface area contributed by atoms with Crippen LogP contribution in [-0.2, 0) is 41.9 Å². The third kappa shape index (κ3) is 35.2. The predicted octanol–water partition coefficient (Wildman–Crippen LogP) is 12.1. The van der Waals surface area contributed by atoms with E-state index in [4.69, 9.17) is 46.6 Å². The van der Waals surface area contributed by atoms with Gasteiger partial charge in [-0.3, -0.25) is 0 Å². The monoisotopic (exact) mass is 819 g/mol. The quantitative estimate of drug-likeness (QED) is 0.0359. The molecule has 0 aromatic heterocycles. The van der Waals surface area contributed by atoms with Crippen LogP contribution in [0.15, 0.2) is 43.2 Å². The van der Waals surface area contributed by atoms with Crippen molar-refractivity contribution in [3.05, 3.63) is 43.2 Å². The van der Waals surface area contributed by atoms with Gasteiger partial charge in [0.2, 0.25) is 0 Å². The zero-order chi connectivity index (χ0) is 41.8. The second-order valence-corrected chi connectivity index (χ2v) is 15.2. The molecule has 10 nitrogen and oxygen atoms in total. The third-order valence-electron chi connectivity index (χ3n) is 9.70. The van der Waals surface area contributed by atoms with Gasteiger partial charge >= 0.3 is 22.0 Å². The first kappa shape index (κ1) is 54.5. The Labute approximate surface area is 357 Å². The van der Waals surface area contributed by atoms with E-state index in [1.807, 2.05) is 30.3 Å². The van der Waals surface area contributed by atoms with E-state index in [-0.39, 0.29) is 19.8 Å². The van der Waals surface area contributed by atoms with Crippen LogP contribution in [0.25, 0.3) is 0 Å². The van der Waals surface area contributed by atoms with E-state index in [1.54, 1.807) is 0 Å². The molecule has 13 heteroatoms. The fraction of sp³-hybridized carbons (Fsp3) is 0.822. The number of rotatable bonds is 47. The Morgan fingerprint density at radius 2 is 0.828 bits per heavy atom. The van der Waals surface area contributed by atoms with Crippen molar-refractivity contribution < 1.29 is 46.6 Å². The molecule has 0 aliphatic heterocycles. The van der Waals surface area contributed by atoms with Crippen molar-refractivity contribution in [2.24, 2.45) is 0 Å². The molecule has 0 saturated heterocycles. The molecule has 0 aliphatic rings. The largest absolute Gasteiger partial charge is 0.712 e. The zero-order valence-electron chi connectivity index (χ0n) is 37.7. The van der Waals surface area contributed by atoms with Crippen molar-refractivity contribution in [2.45, 2.75) is 188 Å². The molecule has 58 heavy (non-hydrogen) atoms. The number of para-hydroxylation sites is 1. The van der Waals surface area contributed by atoms with E-state index in [0.29, 0.717) is 33.0 Å². The minimum Gasteiger partial charge on any atom is -0.519 e. The van der Waals surface area contributed by atoms with E-state index in [0.717, 1.165) is 57.1 Å². The third-order valence-corrected chi connectivity index (χ3v) is 9.70. The summed E-state index contributed by atoms with van der Waals surface area (Å²) in [6.07, 6.45) is 29.7. The van der Waals surface area contributed by atoms with Gasteiger partial charge in [0.25, 0.3) is 0 Å². The smallest absolute Gasteiger partial charge is 0.519 e. The lowest BCUT2D eigenvalue weighted by molar-refractivity contribution is -0.0154. The first-order chi connectivity index (χ1) is 28.7. The second-order valence-electron chi connectivity index (χ2n) is 15.2. The first-order valence-electron chi connectivity index (χ1n) is 23.6. The van der Waals surface area contributed by atoms with Crippen molar-refractivity contribution in [1.82, 2.24) is 0 Å². The van der Waals surface area contributed by atoms with Gasteiger partial charge in [0, 0.05) is 26.4 Å². The molecule has 334 valence electrons. The highest BCUT2D eigenvalue weighted by atomic mass is 16.8. The lowest BCUT2D eigenvalue weighted by Gasteiger charge is -2.24. The van der Waals surface area contributed by atoms with E-state index < -0.39 is 28.1 Å². The Bertz CT molecular complexity index is 934. The standard InChI is InChI=1S/C45H85B3O10/c1-6-11-15-17-19-21-23-25-27-32-38-51-47(52-39-33-28-26-24-22-20-18-16-12-7-2)57-43-45(58-48(53-36-13-8-3)54-37-14-9-4)42-56-46(50-10-5)55-41-40-49-44-34-30-29-31-35-44/h10,29-31,34-35,45H,5-9,11-28,32-33,36-43H2,1-4H3. The van der Waals surface area contributed by atoms with Gasteiger partial charge in [0.15, 0.2) is 0 Å². The summed E-state index contributed by atoms with van der Waals surface area (Å²) in [5.41, 5.74) is 0. The molecule has 1 unspecified atom stereocenters. The number of hydrogen-bond acceptors (Lipinski definition) is 10. The van der Waals surface area contributed by atoms with Crippen LogP contribution in [0.2, 0.25) is 0 Å². The number of ether oxygens (including phenoxy) is 1. The number of benzene rings is 1. The van der Waals surface area contributed by atoms with Crippen LogP contribution >= 0.6 is 0 Å². The molecule has 1 atom stereocenters. The lowest BCUT2D eigenvalue weighted by Crippen LogP contribution is -2.42. The molecule has 0 aliphatic carbocycles. The second kappa shape index (κ2) is 43.5. The maximum Gasteiger partial charge on any atom is 0.712 e. The van der Waals surface area contributed by atoms with Gasteiger partial charge in [-0.25, -0.2) is 0 Å². The minimum atomic E-state index is -1.03. The molecule has 1 aromatic carbocycles. The maximum absolute atomic E-state index is 6.36. The summed E-state index contributed by atoms with van der Waals surface area (Å²) in [5.74, 6) is 0.760. The maximum atomic E-state index is 6.36. The van der Waals surface area contributed by atoms with Crippen molar-refractivity contribution in [3.63, 3.8) is 0 Å². The summed E-state index contributed by atoms with van der Waals surface area (Å²) in [4.78, 5) is 0. The average Bonchev–Trinajstić information content (AvgIpc) is 3.24. The molecular formula is C45H85B3O10.